The number of carbonyl (C=O) groups is 3. The minimum atomic E-state index is -0.996. The van der Waals surface area contributed by atoms with Crippen molar-refractivity contribution in [1.82, 2.24) is 10.2 Å². The first-order valence-corrected chi connectivity index (χ1v) is 19.6. The molecule has 2 heterocycles. The first-order valence-electron chi connectivity index (χ1n) is 18.6. The Hall–Kier alpha value is -5.46. The third kappa shape index (κ3) is 8.98. The van der Waals surface area contributed by atoms with E-state index in [4.69, 9.17) is 18.9 Å². The molecule has 0 radical (unpaired) electrons. The summed E-state index contributed by atoms with van der Waals surface area (Å²) in [7, 11) is 1.67. The number of imide groups is 1. The van der Waals surface area contributed by atoms with E-state index in [0.717, 1.165) is 49.6 Å². The predicted molar refractivity (Wildman–Crippen MR) is 212 cm³/mol. The molecule has 0 aromatic heterocycles. The number of carbonyl (C=O) groups excluding carboxylic acids is 3. The van der Waals surface area contributed by atoms with E-state index < -0.39 is 24.3 Å². The minimum Gasteiger partial charge on any atom is -0.496 e. The van der Waals surface area contributed by atoms with Crippen molar-refractivity contribution in [3.05, 3.63) is 155 Å². The zero-order valence-corrected chi connectivity index (χ0v) is 32.0. The van der Waals surface area contributed by atoms with Crippen LogP contribution in [0, 0.1) is 5.92 Å². The van der Waals surface area contributed by atoms with E-state index in [1.54, 1.807) is 18.9 Å². The highest BCUT2D eigenvalue weighted by molar-refractivity contribution is 7.99. The van der Waals surface area contributed by atoms with E-state index in [9.17, 15) is 19.5 Å². The summed E-state index contributed by atoms with van der Waals surface area (Å²) < 4.78 is 24.3. The maximum atomic E-state index is 13.4. The molecule has 56 heavy (non-hydrogen) atoms. The molecule has 11 heteroatoms. The molecule has 7 rings (SSSR count). The van der Waals surface area contributed by atoms with Gasteiger partial charge in [-0.2, -0.15) is 0 Å². The maximum absolute atomic E-state index is 13.4. The second-order valence-corrected chi connectivity index (χ2v) is 14.9. The number of rotatable bonds is 13. The van der Waals surface area contributed by atoms with Crippen LogP contribution in [0.1, 0.15) is 53.6 Å². The van der Waals surface area contributed by atoms with Gasteiger partial charge in [0.05, 0.1) is 38.9 Å². The molecule has 288 valence electrons. The molecule has 2 saturated heterocycles. The topological polar surface area (TPSA) is 124 Å². The van der Waals surface area contributed by atoms with Gasteiger partial charge >= 0.3 is 6.09 Å². The highest BCUT2D eigenvalue weighted by Crippen LogP contribution is 2.44. The van der Waals surface area contributed by atoms with Gasteiger partial charge in [0.1, 0.15) is 18.4 Å². The summed E-state index contributed by atoms with van der Waals surface area (Å²) in [5.74, 6) is 0.669. The average molecular weight is 773 g/mol. The molecular formula is C45H44N2O8S. The minimum absolute atomic E-state index is 0.0188. The van der Waals surface area contributed by atoms with Crippen LogP contribution in [-0.2, 0) is 43.6 Å². The third-order valence-electron chi connectivity index (χ3n) is 10.2. The van der Waals surface area contributed by atoms with Crippen molar-refractivity contribution < 1.29 is 38.4 Å². The summed E-state index contributed by atoms with van der Waals surface area (Å²) in [6.07, 6.45) is -1.96. The monoisotopic (exact) mass is 772 g/mol. The van der Waals surface area contributed by atoms with Crippen LogP contribution in [0.4, 0.5) is 4.79 Å². The van der Waals surface area contributed by atoms with Gasteiger partial charge in [-0.05, 0) is 45.5 Å². The number of nitrogens with zero attached hydrogens (tertiary/aromatic N) is 1. The summed E-state index contributed by atoms with van der Waals surface area (Å²) >= 11 is 1.68. The number of nitrogens with one attached hydrogen (secondary N) is 1. The summed E-state index contributed by atoms with van der Waals surface area (Å²) in [5.41, 5.74) is 6.05. The molecule has 1 unspecified atom stereocenters. The van der Waals surface area contributed by atoms with Crippen molar-refractivity contribution in [1.29, 1.82) is 0 Å². The Balaban J connectivity index is 1.05. The zero-order valence-electron chi connectivity index (χ0n) is 31.2. The van der Waals surface area contributed by atoms with Crippen molar-refractivity contribution in [2.75, 3.05) is 12.9 Å². The van der Waals surface area contributed by atoms with E-state index in [1.165, 1.54) is 4.90 Å². The van der Waals surface area contributed by atoms with Crippen molar-refractivity contribution >= 4 is 29.7 Å². The Morgan fingerprint density at radius 2 is 1.54 bits per heavy atom. The lowest BCUT2D eigenvalue weighted by molar-refractivity contribution is -0.268. The number of hydrogen-bond donors (Lipinski definition) is 2. The number of hydrogen-bond acceptors (Lipinski definition) is 9. The molecule has 0 saturated carbocycles. The highest BCUT2D eigenvalue weighted by Gasteiger charge is 2.41. The van der Waals surface area contributed by atoms with Gasteiger partial charge in [0.15, 0.2) is 6.29 Å². The number of para-hydroxylation sites is 1. The molecule has 3 amide bonds. The summed E-state index contributed by atoms with van der Waals surface area (Å²) in [6, 6.07) is 39.6. The first-order chi connectivity index (χ1) is 27.3. The third-order valence-corrected chi connectivity index (χ3v) is 11.3. The highest BCUT2D eigenvalue weighted by atomic mass is 32.2. The molecule has 5 aromatic rings. The normalized spacial score (nSPS) is 20.8. The van der Waals surface area contributed by atoms with Gasteiger partial charge in [0.2, 0.25) is 5.91 Å². The molecule has 2 aliphatic rings. The van der Waals surface area contributed by atoms with Crippen molar-refractivity contribution in [3.63, 3.8) is 0 Å². The van der Waals surface area contributed by atoms with Gasteiger partial charge in [-0.3, -0.25) is 14.5 Å². The molecule has 2 N–H and O–H groups in total. The zero-order chi connectivity index (χ0) is 39.0. The molecular weight excluding hydrogens is 729 g/mol. The van der Waals surface area contributed by atoms with Crippen LogP contribution in [0.2, 0.25) is 0 Å². The van der Waals surface area contributed by atoms with Gasteiger partial charge in [0.25, 0.3) is 5.91 Å². The summed E-state index contributed by atoms with van der Waals surface area (Å²) in [6.45, 7) is 2.22. The smallest absolute Gasteiger partial charge is 0.408 e. The van der Waals surface area contributed by atoms with Crippen LogP contribution in [0.5, 0.6) is 5.75 Å². The Morgan fingerprint density at radius 1 is 0.839 bits per heavy atom. The fraction of sp³-hybridized carbons (Fsp3) is 0.267. The summed E-state index contributed by atoms with van der Waals surface area (Å²) in [4.78, 5) is 41.1. The van der Waals surface area contributed by atoms with Crippen LogP contribution in [0.3, 0.4) is 0 Å². The molecule has 0 spiro atoms. The van der Waals surface area contributed by atoms with E-state index in [-0.39, 0.29) is 50.2 Å². The Labute approximate surface area is 330 Å². The van der Waals surface area contributed by atoms with E-state index >= 15 is 0 Å². The molecule has 5 aromatic carbocycles. The molecule has 0 aliphatic carbocycles. The second-order valence-electron chi connectivity index (χ2n) is 13.8. The molecule has 2 fully saturated rings. The fourth-order valence-electron chi connectivity index (χ4n) is 7.02. The van der Waals surface area contributed by atoms with Gasteiger partial charge < -0.3 is 29.4 Å². The molecule has 5 atom stereocenters. The molecule has 10 nitrogen and oxygen atoms in total. The predicted octanol–water partition coefficient (Wildman–Crippen LogP) is 7.99. The van der Waals surface area contributed by atoms with Gasteiger partial charge in [-0.15, -0.1) is 11.8 Å². The van der Waals surface area contributed by atoms with Crippen LogP contribution >= 0.6 is 11.8 Å². The lowest BCUT2D eigenvalue weighted by atomic mass is 9.91. The SMILES string of the molecule is COc1ccccc1SC[C@@H]1O[C@H](c2ccc(-c3ccccc3CN3C(=O)CC(NC(=O)OCc4ccccc4)C3=O)cc2)O[C@H](c2ccc(CO)cc2)[C@@H]1C. The van der Waals surface area contributed by atoms with Crippen molar-refractivity contribution in [2.24, 2.45) is 5.92 Å². The lowest BCUT2D eigenvalue weighted by Crippen LogP contribution is -2.41. The fourth-order valence-corrected chi connectivity index (χ4v) is 8.21. The maximum Gasteiger partial charge on any atom is 0.408 e. The second kappa shape index (κ2) is 18.0. The first kappa shape index (κ1) is 38.8. The largest absolute Gasteiger partial charge is 0.496 e. The number of likely N-dealkylation sites (tertiary alicyclic amines) is 1. The number of thioether (sulfide) groups is 1. The van der Waals surface area contributed by atoms with Crippen LogP contribution in [0.15, 0.2) is 132 Å². The number of methoxy groups -OCH3 is 1. The van der Waals surface area contributed by atoms with E-state index in [2.05, 4.69) is 12.2 Å². The number of benzene rings is 5. The van der Waals surface area contributed by atoms with Crippen molar-refractivity contribution in [2.45, 2.75) is 62.5 Å². The number of aliphatic hydroxyl groups is 1. The molecule has 2 aliphatic heterocycles. The lowest BCUT2D eigenvalue weighted by Gasteiger charge is -2.41. The quantitative estimate of drug-likeness (QED) is 0.0906. The molecule has 0 bridgehead atoms. The standard InChI is InChI=1S/C45H44N2O8S/c1-29-39(28-56-40-15-9-8-14-38(40)52-2)54-44(55-42(29)33-18-16-30(26-48)17-19-33)34-22-20-32(21-23-34)36-13-7-6-12-35(36)25-47-41(49)24-37(43(47)50)46-45(51)53-27-31-10-4-3-5-11-31/h3-23,29,37,39,42,44,48H,24-28H2,1-2H3,(H,46,51)/t29-,37?,39+,42+,44+/m1/s1. The van der Waals surface area contributed by atoms with Gasteiger partial charge in [-0.1, -0.05) is 122 Å². The Kier molecular flexibility index (Phi) is 12.5. The number of amides is 3. The van der Waals surface area contributed by atoms with Crippen molar-refractivity contribution in [3.8, 4) is 16.9 Å². The van der Waals surface area contributed by atoms with E-state index in [0.29, 0.717) is 5.75 Å². The Bertz CT molecular complexity index is 2130. The summed E-state index contributed by atoms with van der Waals surface area (Å²) in [5, 5.41) is 12.2. The van der Waals surface area contributed by atoms with E-state index in [1.807, 2.05) is 127 Å². The number of alkyl carbamates (subject to hydrolysis) is 1. The number of aliphatic hydroxyl groups excluding tert-OH is 1. The Morgan fingerprint density at radius 3 is 2.29 bits per heavy atom. The average Bonchev–Trinajstić information content (AvgIpc) is 3.50. The van der Waals surface area contributed by atoms with Crippen LogP contribution < -0.4 is 10.1 Å². The van der Waals surface area contributed by atoms with Gasteiger partial charge in [0, 0.05) is 22.1 Å². The van der Waals surface area contributed by atoms with Gasteiger partial charge in [-0.25, -0.2) is 4.79 Å². The van der Waals surface area contributed by atoms with Crippen LogP contribution in [-0.4, -0.2) is 52.9 Å². The van der Waals surface area contributed by atoms with Crippen LogP contribution in [0.25, 0.3) is 11.1 Å². The number of ether oxygens (including phenoxy) is 4.